The van der Waals surface area contributed by atoms with E-state index in [1.165, 1.54) is 0 Å². The number of ether oxygens (including phenoxy) is 1. The Hall–Kier alpha value is -1.39. The molecular weight excluding hydrogens is 264 g/mol. The molecule has 4 nitrogen and oxygen atoms in total. The summed E-state index contributed by atoms with van der Waals surface area (Å²) >= 11 is 0. The number of hydrogen-bond donors (Lipinski definition) is 1. The molecule has 0 radical (unpaired) electrons. The molecule has 2 atom stereocenters. The zero-order valence-corrected chi connectivity index (χ0v) is 12.8. The first kappa shape index (κ1) is 14.5. The van der Waals surface area contributed by atoms with Crippen LogP contribution in [0.15, 0.2) is 30.3 Å². The van der Waals surface area contributed by atoms with E-state index in [1.807, 2.05) is 25.1 Å². The summed E-state index contributed by atoms with van der Waals surface area (Å²) in [6.07, 6.45) is 2.63. The third-order valence-corrected chi connectivity index (χ3v) is 4.85. The fourth-order valence-corrected chi connectivity index (χ4v) is 3.31. The normalized spacial score (nSPS) is 30.9. The van der Waals surface area contributed by atoms with E-state index in [4.69, 9.17) is 4.74 Å². The van der Waals surface area contributed by atoms with E-state index in [0.717, 1.165) is 38.0 Å². The lowest BCUT2D eigenvalue weighted by molar-refractivity contribution is -0.137. The van der Waals surface area contributed by atoms with Crippen molar-refractivity contribution in [2.75, 3.05) is 13.2 Å². The summed E-state index contributed by atoms with van der Waals surface area (Å²) < 4.78 is 5.46. The predicted octanol–water partition coefficient (Wildman–Crippen LogP) is 2.46. The summed E-state index contributed by atoms with van der Waals surface area (Å²) in [5.74, 6) is 0.228. The van der Waals surface area contributed by atoms with Gasteiger partial charge < -0.3 is 9.64 Å². The summed E-state index contributed by atoms with van der Waals surface area (Å²) in [6, 6.07) is 10.5. The van der Waals surface area contributed by atoms with E-state index >= 15 is 0 Å². The fourth-order valence-electron chi connectivity index (χ4n) is 3.31. The van der Waals surface area contributed by atoms with Crippen LogP contribution in [0, 0.1) is 0 Å². The molecule has 2 fully saturated rings. The van der Waals surface area contributed by atoms with Gasteiger partial charge in [0.05, 0.1) is 5.54 Å². The Balaban J connectivity index is 1.93. The standard InChI is InChI=1S/C17H24N2O2/c1-3-17(2)16(20)19(14-9-11-21-12-10-14)15(18-17)13-7-5-4-6-8-13/h4-8,14-15,18H,3,9-12H2,1-2H3. The average molecular weight is 288 g/mol. The van der Waals surface area contributed by atoms with Gasteiger partial charge >= 0.3 is 0 Å². The molecule has 2 unspecified atom stereocenters. The van der Waals surface area contributed by atoms with Crippen LogP contribution >= 0.6 is 0 Å². The van der Waals surface area contributed by atoms with Crippen LogP contribution in [0.2, 0.25) is 0 Å². The van der Waals surface area contributed by atoms with Gasteiger partial charge in [-0.15, -0.1) is 0 Å². The van der Waals surface area contributed by atoms with Crippen LogP contribution in [0.25, 0.3) is 0 Å². The zero-order valence-electron chi connectivity index (χ0n) is 12.8. The maximum absolute atomic E-state index is 13.0. The first-order valence-electron chi connectivity index (χ1n) is 7.89. The smallest absolute Gasteiger partial charge is 0.244 e. The van der Waals surface area contributed by atoms with Crippen LogP contribution in [0.3, 0.4) is 0 Å². The highest BCUT2D eigenvalue weighted by molar-refractivity contribution is 5.88. The summed E-state index contributed by atoms with van der Waals surface area (Å²) in [7, 11) is 0. The molecule has 114 valence electrons. The molecule has 0 spiro atoms. The number of carbonyl (C=O) groups excluding carboxylic acids is 1. The second-order valence-corrected chi connectivity index (χ2v) is 6.20. The Morgan fingerprint density at radius 2 is 1.95 bits per heavy atom. The molecule has 2 heterocycles. The zero-order chi connectivity index (χ0) is 14.9. The van der Waals surface area contributed by atoms with Crippen molar-refractivity contribution in [2.24, 2.45) is 0 Å². The fraction of sp³-hybridized carbons (Fsp3) is 0.588. The van der Waals surface area contributed by atoms with Crippen molar-refractivity contribution in [3.63, 3.8) is 0 Å². The lowest BCUT2D eigenvalue weighted by atomic mass is 9.98. The van der Waals surface area contributed by atoms with Crippen molar-refractivity contribution >= 4 is 5.91 Å². The van der Waals surface area contributed by atoms with Crippen LogP contribution in [0.5, 0.6) is 0 Å². The number of nitrogens with one attached hydrogen (secondary N) is 1. The molecule has 2 saturated heterocycles. The summed E-state index contributed by atoms with van der Waals surface area (Å²) in [4.78, 5) is 15.0. The van der Waals surface area contributed by atoms with Gasteiger partial charge in [0.2, 0.25) is 5.91 Å². The molecule has 0 saturated carbocycles. The molecule has 1 aromatic rings. The third kappa shape index (κ3) is 2.58. The van der Waals surface area contributed by atoms with Crippen molar-refractivity contribution in [3.8, 4) is 0 Å². The minimum Gasteiger partial charge on any atom is -0.381 e. The first-order valence-corrected chi connectivity index (χ1v) is 7.89. The van der Waals surface area contributed by atoms with Gasteiger partial charge in [0.15, 0.2) is 0 Å². The maximum atomic E-state index is 13.0. The molecular formula is C17H24N2O2. The van der Waals surface area contributed by atoms with Crippen LogP contribution in [-0.4, -0.2) is 35.6 Å². The number of nitrogens with zero attached hydrogens (tertiary/aromatic N) is 1. The van der Waals surface area contributed by atoms with E-state index in [2.05, 4.69) is 29.3 Å². The number of benzene rings is 1. The van der Waals surface area contributed by atoms with Crippen LogP contribution < -0.4 is 5.32 Å². The third-order valence-electron chi connectivity index (χ3n) is 4.85. The van der Waals surface area contributed by atoms with Gasteiger partial charge in [-0.25, -0.2) is 0 Å². The summed E-state index contributed by atoms with van der Waals surface area (Å²) in [6.45, 7) is 5.59. The molecule has 4 heteroatoms. The molecule has 1 amide bonds. The summed E-state index contributed by atoms with van der Waals surface area (Å²) in [5, 5.41) is 3.57. The quantitative estimate of drug-likeness (QED) is 0.929. The van der Waals surface area contributed by atoms with Gasteiger partial charge in [-0.05, 0) is 31.7 Å². The number of hydrogen-bond acceptors (Lipinski definition) is 3. The minimum absolute atomic E-state index is 0.0215. The van der Waals surface area contributed by atoms with E-state index in [1.54, 1.807) is 0 Å². The van der Waals surface area contributed by atoms with Crippen molar-refractivity contribution in [1.29, 1.82) is 0 Å². The first-order chi connectivity index (χ1) is 10.2. The van der Waals surface area contributed by atoms with Crippen LogP contribution in [-0.2, 0) is 9.53 Å². The highest BCUT2D eigenvalue weighted by Crippen LogP contribution is 2.36. The minimum atomic E-state index is -0.460. The topological polar surface area (TPSA) is 41.6 Å². The van der Waals surface area contributed by atoms with Gasteiger partial charge in [-0.3, -0.25) is 10.1 Å². The molecule has 3 rings (SSSR count). The SMILES string of the molecule is CCC1(C)NC(c2ccccc2)N(C2CCOCC2)C1=O. The Kier molecular flexibility index (Phi) is 4.00. The van der Waals surface area contributed by atoms with Crippen molar-refractivity contribution in [3.05, 3.63) is 35.9 Å². The van der Waals surface area contributed by atoms with Crippen molar-refractivity contribution in [2.45, 2.75) is 50.9 Å². The Morgan fingerprint density at radius 3 is 2.57 bits per heavy atom. The highest BCUT2D eigenvalue weighted by Gasteiger charge is 2.49. The lowest BCUT2D eigenvalue weighted by Gasteiger charge is -2.35. The maximum Gasteiger partial charge on any atom is 0.244 e. The molecule has 21 heavy (non-hydrogen) atoms. The molecule has 0 aromatic heterocycles. The second-order valence-electron chi connectivity index (χ2n) is 6.20. The average Bonchev–Trinajstić information content (AvgIpc) is 2.82. The molecule has 1 N–H and O–H groups in total. The Morgan fingerprint density at radius 1 is 1.29 bits per heavy atom. The molecule has 0 aliphatic carbocycles. The van der Waals surface area contributed by atoms with E-state index in [-0.39, 0.29) is 18.1 Å². The Labute approximate surface area is 126 Å². The number of amides is 1. The lowest BCUT2D eigenvalue weighted by Crippen LogP contribution is -2.46. The molecule has 2 aliphatic rings. The van der Waals surface area contributed by atoms with Crippen LogP contribution in [0.4, 0.5) is 0 Å². The van der Waals surface area contributed by atoms with Gasteiger partial charge in [-0.1, -0.05) is 37.3 Å². The number of rotatable bonds is 3. The molecule has 2 aliphatic heterocycles. The second kappa shape index (κ2) is 5.78. The van der Waals surface area contributed by atoms with Gasteiger partial charge in [-0.2, -0.15) is 0 Å². The summed E-state index contributed by atoms with van der Waals surface area (Å²) in [5.41, 5.74) is 0.702. The van der Waals surface area contributed by atoms with Gasteiger partial charge in [0, 0.05) is 19.3 Å². The highest BCUT2D eigenvalue weighted by atomic mass is 16.5. The van der Waals surface area contributed by atoms with Crippen molar-refractivity contribution in [1.82, 2.24) is 10.2 Å². The monoisotopic (exact) mass is 288 g/mol. The van der Waals surface area contributed by atoms with Gasteiger partial charge in [0.25, 0.3) is 0 Å². The van der Waals surface area contributed by atoms with Gasteiger partial charge in [0.1, 0.15) is 6.17 Å². The Bertz CT molecular complexity index is 499. The largest absolute Gasteiger partial charge is 0.381 e. The van der Waals surface area contributed by atoms with E-state index in [9.17, 15) is 4.79 Å². The van der Waals surface area contributed by atoms with E-state index in [0.29, 0.717) is 0 Å². The predicted molar refractivity (Wildman–Crippen MR) is 81.7 cm³/mol. The number of carbonyl (C=O) groups is 1. The van der Waals surface area contributed by atoms with E-state index < -0.39 is 5.54 Å². The molecule has 1 aromatic carbocycles. The van der Waals surface area contributed by atoms with Crippen molar-refractivity contribution < 1.29 is 9.53 Å². The molecule has 0 bridgehead atoms. The van der Waals surface area contributed by atoms with Crippen LogP contribution in [0.1, 0.15) is 44.8 Å².